The van der Waals surface area contributed by atoms with Gasteiger partial charge in [0.15, 0.2) is 0 Å². The van der Waals surface area contributed by atoms with Crippen molar-refractivity contribution in [3.63, 3.8) is 0 Å². The van der Waals surface area contributed by atoms with Gasteiger partial charge in [-0.2, -0.15) is 5.10 Å². The highest BCUT2D eigenvalue weighted by Crippen LogP contribution is 2.20. The number of carbonyl (C=O) groups is 1. The Morgan fingerprint density at radius 1 is 1.41 bits per heavy atom. The number of nitrogens with zero attached hydrogens (tertiary/aromatic N) is 2. The fourth-order valence-corrected chi connectivity index (χ4v) is 2.88. The number of hydrogen-bond acceptors (Lipinski definition) is 4. The first-order chi connectivity index (χ1) is 10.3. The highest BCUT2D eigenvalue weighted by Gasteiger charge is 2.28. The van der Waals surface area contributed by atoms with E-state index in [-0.39, 0.29) is 12.1 Å². The van der Waals surface area contributed by atoms with Gasteiger partial charge in [0.1, 0.15) is 5.60 Å². The second-order valence-electron chi connectivity index (χ2n) is 7.15. The van der Waals surface area contributed by atoms with E-state index in [0.29, 0.717) is 12.1 Å². The summed E-state index contributed by atoms with van der Waals surface area (Å²) in [5.41, 5.74) is -0.446. The van der Waals surface area contributed by atoms with Crippen LogP contribution in [0.2, 0.25) is 0 Å². The summed E-state index contributed by atoms with van der Waals surface area (Å²) in [4.78, 5) is 11.8. The van der Waals surface area contributed by atoms with Crippen molar-refractivity contribution in [3.8, 4) is 0 Å². The summed E-state index contributed by atoms with van der Waals surface area (Å²) < 4.78 is 7.24. The zero-order valence-electron chi connectivity index (χ0n) is 14.0. The lowest BCUT2D eigenvalue weighted by Crippen LogP contribution is -2.41. The van der Waals surface area contributed by atoms with Crippen molar-refractivity contribution in [1.82, 2.24) is 20.4 Å². The van der Waals surface area contributed by atoms with Crippen molar-refractivity contribution in [1.29, 1.82) is 0 Å². The minimum atomic E-state index is -0.446. The lowest BCUT2D eigenvalue weighted by Gasteiger charge is -2.22. The van der Waals surface area contributed by atoms with Crippen LogP contribution in [0.25, 0.3) is 0 Å². The first-order valence-electron chi connectivity index (χ1n) is 8.05. The van der Waals surface area contributed by atoms with Gasteiger partial charge in [0.25, 0.3) is 0 Å². The minimum Gasteiger partial charge on any atom is -0.444 e. The van der Waals surface area contributed by atoms with Crippen LogP contribution in [0.15, 0.2) is 18.5 Å². The van der Waals surface area contributed by atoms with Crippen LogP contribution in [0, 0.1) is 0 Å². The molecule has 0 bridgehead atoms. The van der Waals surface area contributed by atoms with Gasteiger partial charge in [-0.15, -0.1) is 0 Å². The largest absolute Gasteiger partial charge is 0.444 e. The quantitative estimate of drug-likeness (QED) is 0.876. The topological polar surface area (TPSA) is 68.2 Å². The van der Waals surface area contributed by atoms with Gasteiger partial charge in [-0.3, -0.25) is 4.68 Å². The van der Waals surface area contributed by atoms with Gasteiger partial charge in [-0.05, 0) is 53.0 Å². The van der Waals surface area contributed by atoms with Crippen molar-refractivity contribution in [2.45, 2.75) is 77.2 Å². The number of amides is 1. The molecular weight excluding hydrogens is 280 g/mol. The summed E-state index contributed by atoms with van der Waals surface area (Å²) in [7, 11) is 0. The van der Waals surface area contributed by atoms with Crippen LogP contribution in [0.4, 0.5) is 4.79 Å². The van der Waals surface area contributed by atoms with E-state index in [9.17, 15) is 4.79 Å². The normalized spacial score (nSPS) is 23.3. The van der Waals surface area contributed by atoms with Crippen LogP contribution >= 0.6 is 0 Å². The molecule has 3 unspecified atom stereocenters. The molecule has 1 aromatic rings. The molecule has 2 N–H and O–H groups in total. The standard InChI is InChI=1S/C16H28N4O2/c1-12(11-20-9-5-8-17-20)18-13-6-7-14(10-13)19-15(21)22-16(2,3)4/h5,8-9,12-14,18H,6-7,10-11H2,1-4H3,(H,19,21). The molecule has 1 heterocycles. The van der Waals surface area contributed by atoms with Crippen molar-refractivity contribution >= 4 is 6.09 Å². The van der Waals surface area contributed by atoms with Crippen LogP contribution in [0.3, 0.4) is 0 Å². The first-order valence-corrected chi connectivity index (χ1v) is 8.05. The molecule has 0 radical (unpaired) electrons. The molecule has 124 valence electrons. The molecule has 22 heavy (non-hydrogen) atoms. The average Bonchev–Trinajstić information content (AvgIpc) is 2.98. The molecule has 1 saturated carbocycles. The Bertz CT molecular complexity index is 467. The monoisotopic (exact) mass is 308 g/mol. The van der Waals surface area contributed by atoms with Gasteiger partial charge in [-0.25, -0.2) is 4.79 Å². The molecule has 0 spiro atoms. The molecule has 1 aliphatic rings. The van der Waals surface area contributed by atoms with E-state index in [1.165, 1.54) is 0 Å². The van der Waals surface area contributed by atoms with Crippen molar-refractivity contribution in [3.05, 3.63) is 18.5 Å². The first kappa shape index (κ1) is 16.8. The maximum absolute atomic E-state index is 11.8. The van der Waals surface area contributed by atoms with Crippen molar-refractivity contribution in [2.75, 3.05) is 0 Å². The van der Waals surface area contributed by atoms with E-state index in [4.69, 9.17) is 4.74 Å². The number of carbonyl (C=O) groups excluding carboxylic acids is 1. The molecule has 6 nitrogen and oxygen atoms in total. The Morgan fingerprint density at radius 2 is 2.14 bits per heavy atom. The number of rotatable bonds is 5. The van der Waals surface area contributed by atoms with Crippen LogP contribution < -0.4 is 10.6 Å². The summed E-state index contributed by atoms with van der Waals surface area (Å²) in [6.45, 7) is 8.65. The van der Waals surface area contributed by atoms with Crippen LogP contribution in [0.5, 0.6) is 0 Å². The molecule has 1 fully saturated rings. The SMILES string of the molecule is CC(Cn1cccn1)NC1CCC(NC(=O)OC(C)(C)C)C1. The molecule has 1 aromatic heterocycles. The lowest BCUT2D eigenvalue weighted by molar-refractivity contribution is 0.0505. The zero-order valence-corrected chi connectivity index (χ0v) is 14.0. The predicted molar refractivity (Wildman–Crippen MR) is 85.6 cm³/mol. The minimum absolute atomic E-state index is 0.198. The Labute approximate surface area is 132 Å². The Hall–Kier alpha value is -1.56. The van der Waals surface area contributed by atoms with Gasteiger partial charge in [0, 0.05) is 30.5 Å². The van der Waals surface area contributed by atoms with Crippen LogP contribution in [-0.2, 0) is 11.3 Å². The third kappa shape index (κ3) is 5.67. The second-order valence-corrected chi connectivity index (χ2v) is 7.15. The maximum atomic E-state index is 11.8. The summed E-state index contributed by atoms with van der Waals surface area (Å²) in [5.74, 6) is 0. The molecule has 6 heteroatoms. The fourth-order valence-electron chi connectivity index (χ4n) is 2.88. The molecular formula is C16H28N4O2. The van der Waals surface area contributed by atoms with Gasteiger partial charge < -0.3 is 15.4 Å². The highest BCUT2D eigenvalue weighted by molar-refractivity contribution is 5.68. The summed E-state index contributed by atoms with van der Waals surface area (Å²) >= 11 is 0. The van der Waals surface area contributed by atoms with Crippen LogP contribution in [0.1, 0.15) is 47.0 Å². The van der Waals surface area contributed by atoms with Crippen molar-refractivity contribution < 1.29 is 9.53 Å². The molecule has 1 aliphatic carbocycles. The summed E-state index contributed by atoms with van der Waals surface area (Å²) in [6, 6.07) is 2.92. The van der Waals surface area contributed by atoms with E-state index >= 15 is 0 Å². The second kappa shape index (κ2) is 7.13. The Kier molecular flexibility index (Phi) is 5.45. The molecule has 2 rings (SSSR count). The third-order valence-corrected chi connectivity index (χ3v) is 3.69. The maximum Gasteiger partial charge on any atom is 0.407 e. The van der Waals surface area contributed by atoms with Crippen LogP contribution in [-0.4, -0.2) is 39.6 Å². The zero-order chi connectivity index (χ0) is 16.2. The lowest BCUT2D eigenvalue weighted by atomic mass is 10.2. The highest BCUT2D eigenvalue weighted by atomic mass is 16.6. The number of alkyl carbamates (subject to hydrolysis) is 1. The van der Waals surface area contributed by atoms with E-state index in [2.05, 4.69) is 22.7 Å². The van der Waals surface area contributed by atoms with E-state index in [0.717, 1.165) is 25.8 Å². The number of hydrogen-bond donors (Lipinski definition) is 2. The number of aromatic nitrogens is 2. The van der Waals surface area contributed by atoms with Gasteiger partial charge in [0.05, 0.1) is 6.54 Å². The molecule has 3 atom stereocenters. The Morgan fingerprint density at radius 3 is 2.77 bits per heavy atom. The summed E-state index contributed by atoms with van der Waals surface area (Å²) in [6.07, 6.45) is 6.46. The van der Waals surface area contributed by atoms with Gasteiger partial charge >= 0.3 is 6.09 Å². The third-order valence-electron chi connectivity index (χ3n) is 3.69. The van der Waals surface area contributed by atoms with Crippen molar-refractivity contribution in [2.24, 2.45) is 0 Å². The average molecular weight is 308 g/mol. The number of nitrogens with one attached hydrogen (secondary N) is 2. The van der Waals surface area contributed by atoms with Gasteiger partial charge in [-0.1, -0.05) is 0 Å². The fraction of sp³-hybridized carbons (Fsp3) is 0.750. The van der Waals surface area contributed by atoms with Gasteiger partial charge in [0.2, 0.25) is 0 Å². The summed E-state index contributed by atoms with van der Waals surface area (Å²) in [5, 5.41) is 10.8. The molecule has 0 aliphatic heterocycles. The molecule has 1 amide bonds. The predicted octanol–water partition coefficient (Wildman–Crippen LogP) is 2.31. The van der Waals surface area contributed by atoms with E-state index < -0.39 is 5.60 Å². The van der Waals surface area contributed by atoms with E-state index in [1.807, 2.05) is 37.7 Å². The molecule has 0 saturated heterocycles. The number of ether oxygens (including phenoxy) is 1. The van der Waals surface area contributed by atoms with E-state index in [1.54, 1.807) is 6.20 Å². The molecule has 0 aromatic carbocycles. The Balaban J connectivity index is 1.70. The smallest absolute Gasteiger partial charge is 0.407 e.